The van der Waals surface area contributed by atoms with Crippen molar-refractivity contribution in [2.24, 2.45) is 0 Å². The Morgan fingerprint density at radius 1 is 0.667 bits per heavy atom. The van der Waals surface area contributed by atoms with E-state index in [1.807, 2.05) is 95.9 Å². The molecule has 0 aliphatic rings. The summed E-state index contributed by atoms with van der Waals surface area (Å²) in [5.74, 6) is -0.0821. The molecule has 0 heterocycles. The molecule has 0 radical (unpaired) electrons. The molecule has 0 bridgehead atoms. The van der Waals surface area contributed by atoms with Crippen LogP contribution in [0.4, 0.5) is 0 Å². The Morgan fingerprint density at radius 3 is 1.69 bits per heavy atom. The van der Waals surface area contributed by atoms with Gasteiger partial charge in [0.1, 0.15) is 5.75 Å². The number of aromatic hydroxyl groups is 1. The van der Waals surface area contributed by atoms with Crippen molar-refractivity contribution in [3.63, 3.8) is 0 Å². The monoisotopic (exact) mass is 478 g/mol. The first kappa shape index (κ1) is 24.7. The molecule has 182 valence electrons. The first-order valence-electron chi connectivity index (χ1n) is 12.1. The molecule has 0 aliphatic heterocycles. The van der Waals surface area contributed by atoms with Crippen LogP contribution in [0.25, 0.3) is 0 Å². The van der Waals surface area contributed by atoms with Crippen LogP contribution in [-0.2, 0) is 24.3 Å². The van der Waals surface area contributed by atoms with Crippen molar-refractivity contribution in [1.82, 2.24) is 10.2 Å². The molecule has 2 N–H and O–H groups in total. The largest absolute Gasteiger partial charge is 0.508 e. The second-order valence-electron chi connectivity index (χ2n) is 8.83. The molecule has 0 saturated heterocycles. The van der Waals surface area contributed by atoms with Crippen LogP contribution in [0.3, 0.4) is 0 Å². The van der Waals surface area contributed by atoms with E-state index < -0.39 is 6.04 Å². The predicted molar refractivity (Wildman–Crippen MR) is 141 cm³/mol. The Morgan fingerprint density at radius 2 is 1.17 bits per heavy atom. The van der Waals surface area contributed by atoms with Crippen LogP contribution >= 0.6 is 0 Å². The number of hydrogen-bond acceptors (Lipinski definition) is 3. The van der Waals surface area contributed by atoms with E-state index in [-0.39, 0.29) is 24.0 Å². The van der Waals surface area contributed by atoms with Crippen molar-refractivity contribution in [2.75, 3.05) is 0 Å². The molecule has 2 amide bonds. The number of carbonyl (C=O) groups excluding carboxylic acids is 2. The minimum atomic E-state index is -0.413. The Hall–Kier alpha value is -4.38. The summed E-state index contributed by atoms with van der Waals surface area (Å²) in [5.41, 5.74) is 3.57. The first-order valence-corrected chi connectivity index (χ1v) is 12.1. The van der Waals surface area contributed by atoms with Crippen molar-refractivity contribution < 1.29 is 14.7 Å². The molecule has 0 aliphatic carbocycles. The SMILES string of the molecule is O=C(N[C@H](CC(=O)N(Cc1ccccc1)Cc1ccccc1)Cc1ccc(O)cc1)c1ccccc1. The van der Waals surface area contributed by atoms with Gasteiger partial charge in [0, 0.05) is 31.1 Å². The fourth-order valence-corrected chi connectivity index (χ4v) is 4.13. The van der Waals surface area contributed by atoms with E-state index in [4.69, 9.17) is 0 Å². The standard InChI is InChI=1S/C31H30N2O3/c34-29-18-16-24(17-19-29)20-28(32-31(36)27-14-8-3-9-15-27)21-30(35)33(22-25-10-4-1-5-11-25)23-26-12-6-2-7-13-26/h1-19,28,34H,20-23H2,(H,32,36)/t28-/m0/s1. The summed E-state index contributed by atoms with van der Waals surface area (Å²) in [4.78, 5) is 28.5. The van der Waals surface area contributed by atoms with E-state index in [9.17, 15) is 14.7 Å². The number of carbonyl (C=O) groups is 2. The molecular weight excluding hydrogens is 448 g/mol. The Balaban J connectivity index is 1.54. The molecule has 36 heavy (non-hydrogen) atoms. The van der Waals surface area contributed by atoms with Gasteiger partial charge in [-0.05, 0) is 47.4 Å². The van der Waals surface area contributed by atoms with Crippen LogP contribution in [0.15, 0.2) is 115 Å². The maximum Gasteiger partial charge on any atom is 0.251 e. The summed E-state index contributed by atoms with van der Waals surface area (Å²) in [6.45, 7) is 0.959. The van der Waals surface area contributed by atoms with E-state index in [0.29, 0.717) is 25.1 Å². The topological polar surface area (TPSA) is 69.6 Å². The average Bonchev–Trinajstić information content (AvgIpc) is 2.91. The maximum absolute atomic E-state index is 13.7. The molecule has 4 rings (SSSR count). The van der Waals surface area contributed by atoms with Crippen molar-refractivity contribution >= 4 is 11.8 Å². The predicted octanol–water partition coefficient (Wildman–Crippen LogP) is 5.35. The Bertz CT molecular complexity index is 1200. The van der Waals surface area contributed by atoms with Gasteiger partial charge < -0.3 is 15.3 Å². The summed E-state index contributed by atoms with van der Waals surface area (Å²) < 4.78 is 0. The number of amides is 2. The second kappa shape index (κ2) is 12.4. The van der Waals surface area contributed by atoms with Crippen molar-refractivity contribution in [3.05, 3.63) is 138 Å². The van der Waals surface area contributed by atoms with Gasteiger partial charge >= 0.3 is 0 Å². The van der Waals surface area contributed by atoms with Crippen LogP contribution in [0.2, 0.25) is 0 Å². The van der Waals surface area contributed by atoms with E-state index in [1.54, 1.807) is 24.3 Å². The molecule has 4 aromatic carbocycles. The lowest BCUT2D eigenvalue weighted by atomic mass is 10.0. The fourth-order valence-electron chi connectivity index (χ4n) is 4.13. The quantitative estimate of drug-likeness (QED) is 0.323. The minimum Gasteiger partial charge on any atom is -0.508 e. The number of hydrogen-bond donors (Lipinski definition) is 2. The number of nitrogens with one attached hydrogen (secondary N) is 1. The highest BCUT2D eigenvalue weighted by atomic mass is 16.3. The molecule has 0 fully saturated rings. The normalized spacial score (nSPS) is 11.4. The lowest BCUT2D eigenvalue weighted by Crippen LogP contribution is -2.41. The zero-order chi connectivity index (χ0) is 25.2. The van der Waals surface area contributed by atoms with E-state index in [1.165, 1.54) is 0 Å². The second-order valence-corrected chi connectivity index (χ2v) is 8.83. The van der Waals surface area contributed by atoms with Crippen molar-refractivity contribution in [3.8, 4) is 5.75 Å². The molecule has 0 unspecified atom stereocenters. The van der Waals surface area contributed by atoms with Crippen LogP contribution in [0, 0.1) is 0 Å². The summed E-state index contributed by atoms with van der Waals surface area (Å²) in [5, 5.41) is 12.7. The molecule has 5 heteroatoms. The number of nitrogens with zero attached hydrogens (tertiary/aromatic N) is 1. The molecule has 5 nitrogen and oxygen atoms in total. The van der Waals surface area contributed by atoms with Gasteiger partial charge in [-0.2, -0.15) is 0 Å². The molecule has 0 saturated carbocycles. The van der Waals surface area contributed by atoms with Gasteiger partial charge in [0.25, 0.3) is 5.91 Å². The third-order valence-corrected chi connectivity index (χ3v) is 6.00. The van der Waals surface area contributed by atoms with Gasteiger partial charge in [-0.1, -0.05) is 91.0 Å². The highest BCUT2D eigenvalue weighted by Gasteiger charge is 2.22. The van der Waals surface area contributed by atoms with Gasteiger partial charge in [-0.15, -0.1) is 0 Å². The molecule has 0 spiro atoms. The zero-order valence-corrected chi connectivity index (χ0v) is 20.1. The molecule has 4 aromatic rings. The van der Waals surface area contributed by atoms with Crippen molar-refractivity contribution in [2.45, 2.75) is 32.0 Å². The van der Waals surface area contributed by atoms with Gasteiger partial charge in [-0.25, -0.2) is 0 Å². The highest BCUT2D eigenvalue weighted by Crippen LogP contribution is 2.16. The summed E-state index contributed by atoms with van der Waals surface area (Å²) >= 11 is 0. The van der Waals surface area contributed by atoms with E-state index >= 15 is 0 Å². The Labute approximate surface area is 212 Å². The molecular formula is C31H30N2O3. The number of phenols is 1. The minimum absolute atomic E-state index is 0.0418. The van der Waals surface area contributed by atoms with E-state index in [2.05, 4.69) is 5.32 Å². The van der Waals surface area contributed by atoms with Crippen LogP contribution < -0.4 is 5.32 Å². The number of benzene rings is 4. The van der Waals surface area contributed by atoms with E-state index in [0.717, 1.165) is 16.7 Å². The lowest BCUT2D eigenvalue weighted by molar-refractivity contribution is -0.133. The first-order chi connectivity index (χ1) is 17.6. The molecule has 0 aromatic heterocycles. The Kier molecular flexibility index (Phi) is 8.49. The van der Waals surface area contributed by atoms with Gasteiger partial charge in [-0.3, -0.25) is 9.59 Å². The highest BCUT2D eigenvalue weighted by molar-refractivity contribution is 5.94. The lowest BCUT2D eigenvalue weighted by Gasteiger charge is -2.26. The smallest absolute Gasteiger partial charge is 0.251 e. The number of phenolic OH excluding ortho intramolecular Hbond substituents is 1. The zero-order valence-electron chi connectivity index (χ0n) is 20.1. The van der Waals surface area contributed by atoms with Crippen LogP contribution in [-0.4, -0.2) is 27.9 Å². The maximum atomic E-state index is 13.7. The van der Waals surface area contributed by atoms with Gasteiger partial charge in [0.15, 0.2) is 0 Å². The fraction of sp³-hybridized carbons (Fsp3) is 0.161. The van der Waals surface area contributed by atoms with Crippen molar-refractivity contribution in [1.29, 1.82) is 0 Å². The third-order valence-electron chi connectivity index (χ3n) is 6.00. The average molecular weight is 479 g/mol. The summed E-state index contributed by atoms with van der Waals surface area (Å²) in [6.07, 6.45) is 0.619. The molecule has 1 atom stereocenters. The summed E-state index contributed by atoms with van der Waals surface area (Å²) in [6, 6.07) is 35.3. The third kappa shape index (κ3) is 7.31. The number of rotatable bonds is 10. The van der Waals surface area contributed by atoms with Gasteiger partial charge in [0.05, 0.1) is 0 Å². The van der Waals surface area contributed by atoms with Crippen LogP contribution in [0.5, 0.6) is 5.75 Å². The van der Waals surface area contributed by atoms with Gasteiger partial charge in [0.2, 0.25) is 5.91 Å². The van der Waals surface area contributed by atoms with Crippen LogP contribution in [0.1, 0.15) is 33.5 Å². The summed E-state index contributed by atoms with van der Waals surface area (Å²) in [7, 11) is 0.